The van der Waals surface area contributed by atoms with Gasteiger partial charge in [0.1, 0.15) is 6.61 Å². The zero-order valence-corrected chi connectivity index (χ0v) is 15.9. The van der Waals surface area contributed by atoms with Crippen LogP contribution in [0.25, 0.3) is 10.1 Å². The molecule has 1 heterocycles. The van der Waals surface area contributed by atoms with Crippen molar-refractivity contribution >= 4 is 44.9 Å². The number of primary amides is 1. The maximum Gasteiger partial charge on any atom is 0.338 e. The average Bonchev–Trinajstić information content (AvgIpc) is 3.00. The lowest BCUT2D eigenvalue weighted by Gasteiger charge is -2.11. The quantitative estimate of drug-likeness (QED) is 0.604. The average molecular weight is 406 g/mol. The van der Waals surface area contributed by atoms with E-state index < -0.39 is 11.9 Å². The summed E-state index contributed by atoms with van der Waals surface area (Å²) >= 11 is 7.84. The molecule has 3 aromatic rings. The number of fused-ring (bicyclic) bond motifs is 1. The van der Waals surface area contributed by atoms with E-state index in [4.69, 9.17) is 31.5 Å². The fraction of sp³-hybridized carbons (Fsp3) is 0.158. The van der Waals surface area contributed by atoms with Gasteiger partial charge in [-0.25, -0.2) is 4.79 Å². The number of hydrogen-bond acceptors (Lipinski definition) is 6. The van der Waals surface area contributed by atoms with Gasteiger partial charge in [0.05, 0.1) is 22.6 Å². The summed E-state index contributed by atoms with van der Waals surface area (Å²) in [6.07, 6.45) is 0. The summed E-state index contributed by atoms with van der Waals surface area (Å²) < 4.78 is 16.8. The smallest absolute Gasteiger partial charge is 0.338 e. The van der Waals surface area contributed by atoms with E-state index in [-0.39, 0.29) is 18.8 Å². The Hall–Kier alpha value is -2.77. The summed E-state index contributed by atoms with van der Waals surface area (Å²) in [4.78, 5) is 24.0. The van der Waals surface area contributed by atoms with Gasteiger partial charge < -0.3 is 19.9 Å². The number of amides is 1. The molecule has 0 aliphatic carbocycles. The number of methoxy groups -OCH3 is 1. The summed E-state index contributed by atoms with van der Waals surface area (Å²) in [5, 5.41) is 1.53. The number of esters is 1. The van der Waals surface area contributed by atoms with Crippen molar-refractivity contribution in [1.82, 2.24) is 0 Å². The molecule has 6 nitrogen and oxygen atoms in total. The van der Waals surface area contributed by atoms with Gasteiger partial charge in [-0.05, 0) is 24.3 Å². The number of hydrogen-bond donors (Lipinski definition) is 1. The maximum absolute atomic E-state index is 12.4. The monoisotopic (exact) mass is 405 g/mol. The molecular formula is C19H16ClNO5S. The molecule has 3 rings (SSSR count). The number of nitrogens with two attached hydrogens (primary N) is 1. The van der Waals surface area contributed by atoms with Gasteiger partial charge in [0.15, 0.2) is 18.1 Å². The van der Waals surface area contributed by atoms with Crippen LogP contribution in [0.3, 0.4) is 0 Å². The topological polar surface area (TPSA) is 87.8 Å². The van der Waals surface area contributed by atoms with E-state index in [1.807, 2.05) is 24.3 Å². The first-order chi connectivity index (χ1) is 13.0. The Morgan fingerprint density at radius 3 is 2.63 bits per heavy atom. The number of rotatable bonds is 7. The van der Waals surface area contributed by atoms with Crippen LogP contribution in [-0.2, 0) is 16.1 Å². The number of carbonyl (C=O) groups is 2. The third kappa shape index (κ3) is 4.32. The second-order valence-electron chi connectivity index (χ2n) is 5.53. The van der Waals surface area contributed by atoms with E-state index in [9.17, 15) is 9.59 Å². The Morgan fingerprint density at radius 1 is 1.15 bits per heavy atom. The molecule has 0 radical (unpaired) electrons. The van der Waals surface area contributed by atoms with Crippen LogP contribution in [0.1, 0.15) is 15.2 Å². The fourth-order valence-electron chi connectivity index (χ4n) is 2.43. The molecule has 0 spiro atoms. The Kier molecular flexibility index (Phi) is 5.83. The number of carbonyl (C=O) groups excluding carboxylic acids is 2. The van der Waals surface area contributed by atoms with Gasteiger partial charge in [0.25, 0.3) is 5.91 Å². The molecule has 0 saturated carbocycles. The summed E-state index contributed by atoms with van der Waals surface area (Å²) in [7, 11) is 1.43. The van der Waals surface area contributed by atoms with Crippen molar-refractivity contribution in [2.45, 2.75) is 6.61 Å². The first-order valence-corrected chi connectivity index (χ1v) is 9.11. The molecule has 27 heavy (non-hydrogen) atoms. The molecule has 140 valence electrons. The van der Waals surface area contributed by atoms with Crippen LogP contribution >= 0.6 is 22.9 Å². The second-order valence-corrected chi connectivity index (χ2v) is 7.05. The van der Waals surface area contributed by atoms with Gasteiger partial charge in [0, 0.05) is 10.1 Å². The molecule has 8 heteroatoms. The van der Waals surface area contributed by atoms with Crippen molar-refractivity contribution < 1.29 is 23.8 Å². The van der Waals surface area contributed by atoms with Gasteiger partial charge in [-0.2, -0.15) is 0 Å². The van der Waals surface area contributed by atoms with Gasteiger partial charge >= 0.3 is 5.97 Å². The third-order valence-electron chi connectivity index (χ3n) is 3.71. The molecule has 1 aromatic heterocycles. The number of ether oxygens (including phenoxy) is 3. The first kappa shape index (κ1) is 19.0. The molecule has 0 bridgehead atoms. The fourth-order valence-corrected chi connectivity index (χ4v) is 3.84. The van der Waals surface area contributed by atoms with Crippen LogP contribution in [-0.4, -0.2) is 25.6 Å². The van der Waals surface area contributed by atoms with Crippen LogP contribution in [0.15, 0.2) is 42.5 Å². The molecule has 2 aromatic carbocycles. The second kappa shape index (κ2) is 8.28. The highest BCUT2D eigenvalue weighted by Crippen LogP contribution is 2.36. The lowest BCUT2D eigenvalue weighted by atomic mass is 10.2. The lowest BCUT2D eigenvalue weighted by Crippen LogP contribution is -2.20. The SMILES string of the molecule is COc1cc(C(=O)OCc2sc3ccccc3c2Cl)ccc1OCC(N)=O. The Labute approximate surface area is 164 Å². The van der Waals surface area contributed by atoms with Gasteiger partial charge in [-0.1, -0.05) is 29.8 Å². The van der Waals surface area contributed by atoms with Crippen LogP contribution < -0.4 is 15.2 Å². The summed E-state index contributed by atoms with van der Waals surface area (Å²) in [5.74, 6) is -0.532. The standard InChI is InChI=1S/C19H16ClNO5S/c1-24-14-8-11(6-7-13(14)25-10-17(21)22)19(23)26-9-16-18(20)12-4-2-3-5-15(12)27-16/h2-8H,9-10H2,1H3,(H2,21,22). The molecular weight excluding hydrogens is 390 g/mol. The number of thiophene rings is 1. The third-order valence-corrected chi connectivity index (χ3v) is 5.39. The van der Waals surface area contributed by atoms with E-state index in [0.29, 0.717) is 16.5 Å². The normalized spacial score (nSPS) is 10.6. The molecule has 0 aliphatic rings. The van der Waals surface area contributed by atoms with Crippen molar-refractivity contribution in [3.63, 3.8) is 0 Å². The Bertz CT molecular complexity index is 1000. The highest BCUT2D eigenvalue weighted by molar-refractivity contribution is 7.19. The molecule has 0 aliphatic heterocycles. The Morgan fingerprint density at radius 2 is 1.93 bits per heavy atom. The lowest BCUT2D eigenvalue weighted by molar-refractivity contribution is -0.119. The minimum absolute atomic E-state index is 0.0687. The van der Waals surface area contributed by atoms with Crippen LogP contribution in [0.2, 0.25) is 5.02 Å². The van der Waals surface area contributed by atoms with E-state index in [1.165, 1.54) is 36.6 Å². The largest absolute Gasteiger partial charge is 0.493 e. The highest BCUT2D eigenvalue weighted by Gasteiger charge is 2.15. The Balaban J connectivity index is 1.71. The summed E-state index contributed by atoms with van der Waals surface area (Å²) in [6.45, 7) is -0.218. The number of halogens is 1. The van der Waals surface area contributed by atoms with Gasteiger partial charge in [-0.3, -0.25) is 4.79 Å². The van der Waals surface area contributed by atoms with Crippen LogP contribution in [0.5, 0.6) is 11.5 Å². The molecule has 0 saturated heterocycles. The summed E-state index contributed by atoms with van der Waals surface area (Å²) in [6, 6.07) is 12.2. The summed E-state index contributed by atoms with van der Waals surface area (Å²) in [5.41, 5.74) is 5.34. The van der Waals surface area contributed by atoms with E-state index in [0.717, 1.165) is 15.0 Å². The van der Waals surface area contributed by atoms with Gasteiger partial charge in [-0.15, -0.1) is 11.3 Å². The minimum Gasteiger partial charge on any atom is -0.493 e. The highest BCUT2D eigenvalue weighted by atomic mass is 35.5. The zero-order valence-electron chi connectivity index (χ0n) is 14.4. The number of benzene rings is 2. The first-order valence-electron chi connectivity index (χ1n) is 7.91. The van der Waals surface area contributed by atoms with E-state index >= 15 is 0 Å². The van der Waals surface area contributed by atoms with Crippen molar-refractivity contribution in [2.24, 2.45) is 5.73 Å². The predicted octanol–water partition coefficient (Wildman–Crippen LogP) is 3.78. The molecule has 0 atom stereocenters. The van der Waals surface area contributed by atoms with Crippen LogP contribution in [0, 0.1) is 0 Å². The molecule has 0 fully saturated rings. The van der Waals surface area contributed by atoms with Gasteiger partial charge in [0.2, 0.25) is 0 Å². The van der Waals surface area contributed by atoms with Crippen molar-refractivity contribution in [1.29, 1.82) is 0 Å². The van der Waals surface area contributed by atoms with E-state index in [2.05, 4.69) is 0 Å². The molecule has 1 amide bonds. The zero-order chi connectivity index (χ0) is 19.4. The van der Waals surface area contributed by atoms with E-state index in [1.54, 1.807) is 0 Å². The molecule has 2 N–H and O–H groups in total. The molecule has 0 unspecified atom stereocenters. The maximum atomic E-state index is 12.4. The predicted molar refractivity (Wildman–Crippen MR) is 104 cm³/mol. The van der Waals surface area contributed by atoms with Crippen molar-refractivity contribution in [3.8, 4) is 11.5 Å². The van der Waals surface area contributed by atoms with Crippen molar-refractivity contribution in [2.75, 3.05) is 13.7 Å². The van der Waals surface area contributed by atoms with Crippen LogP contribution in [0.4, 0.5) is 0 Å². The minimum atomic E-state index is -0.610. The van der Waals surface area contributed by atoms with Crippen molar-refractivity contribution in [3.05, 3.63) is 57.9 Å².